The number of aromatic nitrogens is 1. The SMILES string of the molecule is CCNC(=NCc1ccc(Br)cc1F)NCCc1nc(C)c(C)s1. The van der Waals surface area contributed by atoms with Crippen molar-refractivity contribution in [2.75, 3.05) is 13.1 Å². The van der Waals surface area contributed by atoms with Crippen LogP contribution in [0, 0.1) is 19.7 Å². The maximum Gasteiger partial charge on any atom is 0.191 e. The van der Waals surface area contributed by atoms with Crippen molar-refractivity contribution < 1.29 is 4.39 Å². The topological polar surface area (TPSA) is 49.3 Å². The number of aliphatic imine (C=N–C) groups is 1. The first-order valence-corrected chi connectivity index (χ1v) is 9.49. The van der Waals surface area contributed by atoms with Crippen LogP contribution in [0.3, 0.4) is 0 Å². The fourth-order valence-corrected chi connectivity index (χ4v) is 3.36. The molecule has 0 radical (unpaired) electrons. The van der Waals surface area contributed by atoms with Gasteiger partial charge in [0.2, 0.25) is 0 Å². The van der Waals surface area contributed by atoms with E-state index < -0.39 is 0 Å². The number of halogens is 2. The van der Waals surface area contributed by atoms with Crippen molar-refractivity contribution in [1.82, 2.24) is 15.6 Å². The van der Waals surface area contributed by atoms with Crippen LogP contribution < -0.4 is 10.6 Å². The molecule has 0 fully saturated rings. The lowest BCUT2D eigenvalue weighted by molar-refractivity contribution is 0.609. The van der Waals surface area contributed by atoms with E-state index in [4.69, 9.17) is 0 Å². The summed E-state index contributed by atoms with van der Waals surface area (Å²) in [6.07, 6.45) is 0.844. The van der Waals surface area contributed by atoms with Crippen molar-refractivity contribution in [2.24, 2.45) is 4.99 Å². The predicted octanol–water partition coefficient (Wildman–Crippen LogP) is 3.96. The highest BCUT2D eigenvalue weighted by Gasteiger charge is 2.05. The third-order valence-corrected chi connectivity index (χ3v) is 5.10. The van der Waals surface area contributed by atoms with E-state index in [-0.39, 0.29) is 5.82 Å². The summed E-state index contributed by atoms with van der Waals surface area (Å²) in [6.45, 7) is 7.91. The quantitative estimate of drug-likeness (QED) is 0.557. The lowest BCUT2D eigenvalue weighted by atomic mass is 10.2. The van der Waals surface area contributed by atoms with Gasteiger partial charge in [0.15, 0.2) is 5.96 Å². The van der Waals surface area contributed by atoms with Crippen molar-refractivity contribution in [3.05, 3.63) is 49.6 Å². The van der Waals surface area contributed by atoms with Crippen molar-refractivity contribution in [3.63, 3.8) is 0 Å². The number of nitrogens with zero attached hydrogens (tertiary/aromatic N) is 2. The van der Waals surface area contributed by atoms with Crippen LogP contribution in [0.25, 0.3) is 0 Å². The molecule has 130 valence electrons. The number of guanidine groups is 1. The lowest BCUT2D eigenvalue weighted by Crippen LogP contribution is -2.38. The Balaban J connectivity index is 1.92. The highest BCUT2D eigenvalue weighted by Crippen LogP contribution is 2.17. The number of benzene rings is 1. The Bertz CT molecular complexity index is 695. The molecule has 2 N–H and O–H groups in total. The van der Waals surface area contributed by atoms with Crippen LogP contribution in [0.1, 0.15) is 28.1 Å². The van der Waals surface area contributed by atoms with Crippen LogP contribution in [0.2, 0.25) is 0 Å². The summed E-state index contributed by atoms with van der Waals surface area (Å²) in [6, 6.07) is 5.02. The Morgan fingerprint density at radius 2 is 2.12 bits per heavy atom. The molecule has 4 nitrogen and oxygen atoms in total. The number of aryl methyl sites for hydroxylation is 2. The minimum absolute atomic E-state index is 0.252. The summed E-state index contributed by atoms with van der Waals surface area (Å²) in [5.41, 5.74) is 1.67. The summed E-state index contributed by atoms with van der Waals surface area (Å²) >= 11 is 4.99. The van der Waals surface area contributed by atoms with Gasteiger partial charge in [0, 0.05) is 34.4 Å². The van der Waals surface area contributed by atoms with Gasteiger partial charge >= 0.3 is 0 Å². The van der Waals surface area contributed by atoms with E-state index in [0.717, 1.165) is 34.7 Å². The molecule has 2 aromatic rings. The normalized spacial score (nSPS) is 11.6. The Morgan fingerprint density at radius 3 is 2.75 bits per heavy atom. The van der Waals surface area contributed by atoms with Crippen molar-refractivity contribution in [3.8, 4) is 0 Å². The molecule has 0 saturated carbocycles. The van der Waals surface area contributed by atoms with Crippen LogP contribution in [0.5, 0.6) is 0 Å². The Hall–Kier alpha value is -1.47. The third-order valence-electron chi connectivity index (χ3n) is 3.47. The summed E-state index contributed by atoms with van der Waals surface area (Å²) in [5.74, 6) is 0.433. The second-order valence-electron chi connectivity index (χ2n) is 5.36. The average Bonchev–Trinajstić information content (AvgIpc) is 2.84. The van der Waals surface area contributed by atoms with Crippen LogP contribution in [0.15, 0.2) is 27.7 Å². The lowest BCUT2D eigenvalue weighted by Gasteiger charge is -2.11. The van der Waals surface area contributed by atoms with Gasteiger partial charge in [0.05, 0.1) is 17.2 Å². The summed E-state index contributed by atoms with van der Waals surface area (Å²) in [7, 11) is 0. The number of hydrogen-bond acceptors (Lipinski definition) is 3. The van der Waals surface area contributed by atoms with E-state index >= 15 is 0 Å². The summed E-state index contributed by atoms with van der Waals surface area (Å²) < 4.78 is 14.6. The van der Waals surface area contributed by atoms with Crippen LogP contribution in [0.4, 0.5) is 4.39 Å². The molecule has 2 rings (SSSR count). The maximum absolute atomic E-state index is 13.9. The largest absolute Gasteiger partial charge is 0.357 e. The first-order valence-electron chi connectivity index (χ1n) is 7.88. The van der Waals surface area contributed by atoms with E-state index in [1.165, 1.54) is 10.9 Å². The van der Waals surface area contributed by atoms with E-state index in [2.05, 4.69) is 43.5 Å². The third kappa shape index (κ3) is 5.56. The van der Waals surface area contributed by atoms with Gasteiger partial charge in [-0.25, -0.2) is 14.4 Å². The predicted molar refractivity (Wildman–Crippen MR) is 102 cm³/mol. The van der Waals surface area contributed by atoms with Crippen molar-refractivity contribution >= 4 is 33.2 Å². The minimum atomic E-state index is -0.252. The molecule has 0 saturated heterocycles. The Kier molecular flexibility index (Phi) is 7.17. The minimum Gasteiger partial charge on any atom is -0.357 e. The van der Waals surface area contributed by atoms with E-state index in [0.29, 0.717) is 18.1 Å². The van der Waals surface area contributed by atoms with Gasteiger partial charge in [-0.15, -0.1) is 11.3 Å². The highest BCUT2D eigenvalue weighted by atomic mass is 79.9. The first-order chi connectivity index (χ1) is 11.5. The number of nitrogens with one attached hydrogen (secondary N) is 2. The molecule has 1 aromatic heterocycles. The molecule has 7 heteroatoms. The molecule has 0 amide bonds. The fraction of sp³-hybridized carbons (Fsp3) is 0.412. The second-order valence-corrected chi connectivity index (χ2v) is 7.56. The zero-order chi connectivity index (χ0) is 17.5. The fourth-order valence-electron chi connectivity index (χ4n) is 2.09. The molecule has 0 atom stereocenters. The molecule has 0 spiro atoms. The monoisotopic (exact) mass is 412 g/mol. The Morgan fingerprint density at radius 1 is 1.33 bits per heavy atom. The molecule has 24 heavy (non-hydrogen) atoms. The van der Waals surface area contributed by atoms with E-state index in [1.807, 2.05) is 19.9 Å². The van der Waals surface area contributed by atoms with Gasteiger partial charge in [-0.1, -0.05) is 22.0 Å². The molecule has 0 bridgehead atoms. The molecule has 1 heterocycles. The highest BCUT2D eigenvalue weighted by molar-refractivity contribution is 9.10. The molecular formula is C17H22BrFN4S. The molecule has 0 aliphatic rings. The number of rotatable bonds is 6. The van der Waals surface area contributed by atoms with Crippen LogP contribution in [-0.4, -0.2) is 24.0 Å². The van der Waals surface area contributed by atoms with Gasteiger partial charge in [0.1, 0.15) is 5.82 Å². The zero-order valence-corrected chi connectivity index (χ0v) is 16.5. The Labute approximate surface area is 154 Å². The molecule has 0 unspecified atom stereocenters. The molecule has 1 aromatic carbocycles. The summed E-state index contributed by atoms with van der Waals surface area (Å²) in [5, 5.41) is 7.57. The van der Waals surface area contributed by atoms with Crippen molar-refractivity contribution in [2.45, 2.75) is 33.7 Å². The smallest absolute Gasteiger partial charge is 0.191 e. The molecule has 0 aliphatic carbocycles. The molecular weight excluding hydrogens is 391 g/mol. The molecule has 0 aliphatic heterocycles. The number of thiazole rings is 1. The van der Waals surface area contributed by atoms with Crippen LogP contribution >= 0.6 is 27.3 Å². The maximum atomic E-state index is 13.9. The van der Waals surface area contributed by atoms with Gasteiger partial charge in [-0.3, -0.25) is 0 Å². The second kappa shape index (κ2) is 9.13. The van der Waals surface area contributed by atoms with Gasteiger partial charge in [0.25, 0.3) is 0 Å². The van der Waals surface area contributed by atoms with Crippen molar-refractivity contribution in [1.29, 1.82) is 0 Å². The van der Waals surface area contributed by atoms with Gasteiger partial charge in [-0.05, 0) is 32.9 Å². The van der Waals surface area contributed by atoms with E-state index in [9.17, 15) is 4.39 Å². The number of hydrogen-bond donors (Lipinski definition) is 2. The van der Waals surface area contributed by atoms with Crippen LogP contribution in [-0.2, 0) is 13.0 Å². The van der Waals surface area contributed by atoms with Gasteiger partial charge in [-0.2, -0.15) is 0 Å². The van der Waals surface area contributed by atoms with E-state index in [1.54, 1.807) is 17.4 Å². The zero-order valence-electron chi connectivity index (χ0n) is 14.1. The standard InChI is InChI=1S/C17H22BrFN4S/c1-4-20-17(21-8-7-16-23-11(2)12(3)24-16)22-10-13-5-6-14(18)9-15(13)19/h5-6,9H,4,7-8,10H2,1-3H3,(H2,20,21,22). The first kappa shape index (κ1) is 18.9. The van der Waals surface area contributed by atoms with Gasteiger partial charge < -0.3 is 10.6 Å². The average molecular weight is 413 g/mol. The summed E-state index contributed by atoms with van der Waals surface area (Å²) in [4.78, 5) is 10.2.